The predicted octanol–water partition coefficient (Wildman–Crippen LogP) is 3.92. The summed E-state index contributed by atoms with van der Waals surface area (Å²) in [6.07, 6.45) is 4.79. The number of thiophene rings is 1. The molecule has 2 rings (SSSR count). The Morgan fingerprint density at radius 2 is 1.90 bits per heavy atom. The summed E-state index contributed by atoms with van der Waals surface area (Å²) >= 11 is 1.76. The van der Waals surface area contributed by atoms with Crippen LogP contribution in [0.1, 0.15) is 37.1 Å². The molecule has 0 aliphatic rings. The second-order valence-corrected chi connectivity index (χ2v) is 5.69. The van der Waals surface area contributed by atoms with E-state index in [4.69, 9.17) is 0 Å². The van der Waals surface area contributed by atoms with Crippen LogP contribution in [-0.4, -0.2) is 16.5 Å². The van der Waals surface area contributed by atoms with Gasteiger partial charge in [0.2, 0.25) is 0 Å². The number of anilines is 2. The Kier molecular flexibility index (Phi) is 5.80. The summed E-state index contributed by atoms with van der Waals surface area (Å²) in [6.45, 7) is 6.10. The smallest absolute Gasteiger partial charge is 0.135 e. The van der Waals surface area contributed by atoms with Crippen LogP contribution in [0.5, 0.6) is 0 Å². The molecule has 0 amide bonds. The maximum absolute atomic E-state index is 4.41. The lowest BCUT2D eigenvalue weighted by atomic mass is 10.1. The topological polar surface area (TPSA) is 49.8 Å². The van der Waals surface area contributed by atoms with Crippen LogP contribution in [0.3, 0.4) is 0 Å². The fraction of sp³-hybridized carbons (Fsp3) is 0.467. The zero-order valence-corrected chi connectivity index (χ0v) is 13.0. The molecular weight excluding hydrogens is 268 g/mol. The first-order chi connectivity index (χ1) is 9.85. The maximum atomic E-state index is 4.41. The van der Waals surface area contributed by atoms with E-state index in [-0.39, 0.29) is 0 Å². The van der Waals surface area contributed by atoms with E-state index >= 15 is 0 Å². The molecule has 5 heteroatoms. The Bertz CT molecular complexity index is 511. The summed E-state index contributed by atoms with van der Waals surface area (Å²) in [5.41, 5.74) is 1.19. The Balaban J connectivity index is 2.13. The van der Waals surface area contributed by atoms with Crippen molar-refractivity contribution in [1.29, 1.82) is 0 Å². The Hall–Kier alpha value is -1.62. The third-order valence-corrected chi connectivity index (χ3v) is 3.87. The second-order valence-electron chi connectivity index (χ2n) is 4.66. The van der Waals surface area contributed by atoms with Crippen molar-refractivity contribution in [3.05, 3.63) is 34.3 Å². The molecule has 0 saturated carbocycles. The Labute approximate surface area is 124 Å². The highest BCUT2D eigenvalue weighted by Crippen LogP contribution is 2.22. The fourth-order valence-corrected chi connectivity index (χ4v) is 2.68. The van der Waals surface area contributed by atoms with Gasteiger partial charge in [-0.1, -0.05) is 26.3 Å². The average molecular weight is 290 g/mol. The Morgan fingerprint density at radius 1 is 1.10 bits per heavy atom. The lowest BCUT2D eigenvalue weighted by molar-refractivity contribution is 0.887. The van der Waals surface area contributed by atoms with Crippen molar-refractivity contribution in [2.24, 2.45) is 0 Å². The molecule has 0 aliphatic carbocycles. The summed E-state index contributed by atoms with van der Waals surface area (Å²) < 4.78 is 0. The third kappa shape index (κ3) is 3.93. The van der Waals surface area contributed by atoms with Gasteiger partial charge in [0.25, 0.3) is 0 Å². The molecular formula is C15H22N4S. The molecule has 0 spiro atoms. The Morgan fingerprint density at radius 3 is 2.55 bits per heavy atom. The third-order valence-electron chi connectivity index (χ3n) is 3.00. The summed E-state index contributed by atoms with van der Waals surface area (Å²) in [5, 5.41) is 8.92. The molecule has 108 valence electrons. The van der Waals surface area contributed by atoms with E-state index in [0.29, 0.717) is 0 Å². The van der Waals surface area contributed by atoms with Crippen molar-refractivity contribution in [2.75, 3.05) is 17.2 Å². The van der Waals surface area contributed by atoms with Gasteiger partial charge in [0.15, 0.2) is 0 Å². The molecule has 0 fully saturated rings. The molecule has 0 saturated heterocycles. The SMILES string of the molecule is CCCNc1ncnc(NCc2cccs2)c1CCC. The number of hydrogen-bond donors (Lipinski definition) is 2. The van der Waals surface area contributed by atoms with Crippen LogP contribution in [0.4, 0.5) is 11.6 Å². The summed E-state index contributed by atoms with van der Waals surface area (Å²) in [6, 6.07) is 4.21. The van der Waals surface area contributed by atoms with Crippen molar-refractivity contribution in [1.82, 2.24) is 9.97 Å². The van der Waals surface area contributed by atoms with E-state index in [1.165, 1.54) is 10.4 Å². The van der Waals surface area contributed by atoms with Gasteiger partial charge in [-0.25, -0.2) is 9.97 Å². The minimum Gasteiger partial charge on any atom is -0.370 e. The molecule has 0 bridgehead atoms. The van der Waals surface area contributed by atoms with Crippen LogP contribution in [0.2, 0.25) is 0 Å². The van der Waals surface area contributed by atoms with E-state index in [0.717, 1.165) is 44.0 Å². The highest BCUT2D eigenvalue weighted by molar-refractivity contribution is 7.09. The number of aromatic nitrogens is 2. The number of nitrogens with zero attached hydrogens (tertiary/aromatic N) is 2. The first-order valence-corrected chi connectivity index (χ1v) is 8.07. The van der Waals surface area contributed by atoms with Crippen LogP contribution in [0.25, 0.3) is 0 Å². The molecule has 2 aromatic heterocycles. The fourth-order valence-electron chi connectivity index (χ4n) is 2.03. The monoisotopic (exact) mass is 290 g/mol. The van der Waals surface area contributed by atoms with Gasteiger partial charge < -0.3 is 10.6 Å². The molecule has 0 aromatic carbocycles. The van der Waals surface area contributed by atoms with Gasteiger partial charge in [-0.05, 0) is 24.3 Å². The zero-order valence-electron chi connectivity index (χ0n) is 12.1. The molecule has 4 nitrogen and oxygen atoms in total. The van der Waals surface area contributed by atoms with Crippen LogP contribution < -0.4 is 10.6 Å². The zero-order chi connectivity index (χ0) is 14.2. The summed E-state index contributed by atoms with van der Waals surface area (Å²) in [7, 11) is 0. The van der Waals surface area contributed by atoms with Gasteiger partial charge in [-0.15, -0.1) is 11.3 Å². The highest BCUT2D eigenvalue weighted by Gasteiger charge is 2.10. The first-order valence-electron chi connectivity index (χ1n) is 7.19. The van der Waals surface area contributed by atoms with Gasteiger partial charge in [-0.3, -0.25) is 0 Å². The maximum Gasteiger partial charge on any atom is 0.135 e. The summed E-state index contributed by atoms with van der Waals surface area (Å²) in [4.78, 5) is 10.1. The van der Waals surface area contributed by atoms with E-state index in [1.54, 1.807) is 17.7 Å². The lowest BCUT2D eigenvalue weighted by Crippen LogP contribution is -2.10. The molecule has 20 heavy (non-hydrogen) atoms. The second kappa shape index (κ2) is 7.85. The highest BCUT2D eigenvalue weighted by atomic mass is 32.1. The number of nitrogens with one attached hydrogen (secondary N) is 2. The van der Waals surface area contributed by atoms with Crippen LogP contribution >= 0.6 is 11.3 Å². The van der Waals surface area contributed by atoms with Gasteiger partial charge in [-0.2, -0.15) is 0 Å². The first kappa shape index (κ1) is 14.8. The van der Waals surface area contributed by atoms with E-state index < -0.39 is 0 Å². The van der Waals surface area contributed by atoms with E-state index in [1.807, 2.05) is 0 Å². The van der Waals surface area contributed by atoms with Crippen LogP contribution in [0.15, 0.2) is 23.8 Å². The van der Waals surface area contributed by atoms with Crippen molar-refractivity contribution >= 4 is 23.0 Å². The van der Waals surface area contributed by atoms with Crippen molar-refractivity contribution in [3.8, 4) is 0 Å². The van der Waals surface area contributed by atoms with Crippen molar-refractivity contribution < 1.29 is 0 Å². The van der Waals surface area contributed by atoms with Crippen LogP contribution in [0, 0.1) is 0 Å². The minimum atomic E-state index is 0.818. The van der Waals surface area contributed by atoms with Gasteiger partial charge >= 0.3 is 0 Å². The standard InChI is InChI=1S/C15H22N4S/c1-3-6-13-14(16-8-4-2)18-11-19-15(13)17-10-12-7-5-9-20-12/h5,7,9,11H,3-4,6,8,10H2,1-2H3,(H2,16,17,18,19). The minimum absolute atomic E-state index is 0.818. The molecule has 2 heterocycles. The molecule has 0 atom stereocenters. The number of rotatable bonds is 8. The normalized spacial score (nSPS) is 10.5. The number of hydrogen-bond acceptors (Lipinski definition) is 5. The molecule has 0 unspecified atom stereocenters. The summed E-state index contributed by atoms with van der Waals surface area (Å²) in [5.74, 6) is 1.92. The predicted molar refractivity (Wildman–Crippen MR) is 86.5 cm³/mol. The van der Waals surface area contributed by atoms with Crippen LogP contribution in [-0.2, 0) is 13.0 Å². The molecule has 2 aromatic rings. The molecule has 0 radical (unpaired) electrons. The van der Waals surface area contributed by atoms with Gasteiger partial charge in [0, 0.05) is 17.0 Å². The largest absolute Gasteiger partial charge is 0.370 e. The average Bonchev–Trinajstić information content (AvgIpc) is 2.98. The van der Waals surface area contributed by atoms with Gasteiger partial charge in [0.1, 0.15) is 18.0 Å². The van der Waals surface area contributed by atoms with E-state index in [2.05, 4.69) is 52.0 Å². The lowest BCUT2D eigenvalue weighted by Gasteiger charge is -2.14. The van der Waals surface area contributed by atoms with Crippen molar-refractivity contribution in [3.63, 3.8) is 0 Å². The quantitative estimate of drug-likeness (QED) is 0.773. The van der Waals surface area contributed by atoms with Gasteiger partial charge in [0.05, 0.1) is 6.54 Å². The van der Waals surface area contributed by atoms with Crippen molar-refractivity contribution in [2.45, 2.75) is 39.7 Å². The van der Waals surface area contributed by atoms with E-state index in [9.17, 15) is 0 Å². The molecule has 2 N–H and O–H groups in total. The molecule has 0 aliphatic heterocycles.